The van der Waals surface area contributed by atoms with Crippen molar-refractivity contribution in [2.24, 2.45) is 0 Å². The molecule has 0 aliphatic rings. The Morgan fingerprint density at radius 3 is 2.05 bits per heavy atom. The van der Waals surface area contributed by atoms with Crippen LogP contribution in [0.5, 0.6) is 0 Å². The zero-order valence-corrected chi connectivity index (χ0v) is 15.1. The summed E-state index contributed by atoms with van der Waals surface area (Å²) in [7, 11) is 0. The van der Waals surface area contributed by atoms with Crippen LogP contribution in [0.15, 0.2) is 12.8 Å². The molecule has 0 bridgehead atoms. The van der Waals surface area contributed by atoms with Crippen molar-refractivity contribution in [2.75, 3.05) is 0 Å². The van der Waals surface area contributed by atoms with E-state index in [0.717, 1.165) is 5.01 Å². The second kappa shape index (κ2) is 10.2. The quantitative estimate of drug-likeness (QED) is 0.379. The highest BCUT2D eigenvalue weighted by molar-refractivity contribution is 7.12. The molecule has 0 aromatic carbocycles. The lowest BCUT2D eigenvalue weighted by atomic mass is 9.79. The number of nitrogens with zero attached hydrogens (tertiary/aromatic N) is 1. The van der Waals surface area contributed by atoms with E-state index in [1.807, 2.05) is 17.4 Å². The maximum atomic E-state index is 4.49. The molecule has 0 unspecified atom stereocenters. The maximum Gasteiger partial charge on any atom is 0.115 e. The van der Waals surface area contributed by atoms with Gasteiger partial charge in [-0.05, 0) is 18.9 Å². The number of aromatic nitrogens is 1. The lowest BCUT2D eigenvalue weighted by molar-refractivity contribution is 0.370. The zero-order chi connectivity index (χ0) is 15.6. The van der Waals surface area contributed by atoms with Crippen LogP contribution in [0.3, 0.4) is 0 Å². The summed E-state index contributed by atoms with van der Waals surface area (Å²) >= 11 is 1.84. The summed E-state index contributed by atoms with van der Waals surface area (Å²) in [6, 6.07) is 0. The van der Waals surface area contributed by atoms with Crippen molar-refractivity contribution in [1.29, 1.82) is 0 Å². The van der Waals surface area contributed by atoms with Crippen LogP contribution in [0, 0.1) is 0 Å². The van der Waals surface area contributed by atoms with Gasteiger partial charge < -0.3 is 0 Å². The predicted octanol–water partition coefficient (Wildman–Crippen LogP) is 6.98. The Hall–Kier alpha value is -0.630. The molecule has 1 rings (SSSR count). The first-order valence-electron chi connectivity index (χ1n) is 8.75. The van der Waals surface area contributed by atoms with Crippen molar-refractivity contribution < 1.29 is 0 Å². The SMILES string of the molecule is C=Cc1ncc(C(C)(CCCCCC)CCCCCC)s1. The van der Waals surface area contributed by atoms with Crippen LogP contribution in [0.4, 0.5) is 0 Å². The van der Waals surface area contributed by atoms with E-state index < -0.39 is 0 Å². The minimum absolute atomic E-state index is 0.320. The molecule has 0 fully saturated rings. The first kappa shape index (κ1) is 18.4. The Morgan fingerprint density at radius 2 is 1.62 bits per heavy atom. The molecule has 0 amide bonds. The molecular formula is C19H33NS. The number of hydrogen-bond acceptors (Lipinski definition) is 2. The topological polar surface area (TPSA) is 12.9 Å². The van der Waals surface area contributed by atoms with Crippen molar-refractivity contribution in [3.05, 3.63) is 22.7 Å². The molecule has 0 saturated heterocycles. The van der Waals surface area contributed by atoms with Gasteiger partial charge in [0, 0.05) is 16.5 Å². The molecular weight excluding hydrogens is 274 g/mol. The van der Waals surface area contributed by atoms with Gasteiger partial charge in [0.15, 0.2) is 0 Å². The Kier molecular flexibility index (Phi) is 8.91. The highest BCUT2D eigenvalue weighted by atomic mass is 32.1. The van der Waals surface area contributed by atoms with Crippen molar-refractivity contribution in [2.45, 2.75) is 90.4 Å². The normalized spacial score (nSPS) is 11.8. The molecule has 0 saturated carbocycles. The molecule has 120 valence electrons. The van der Waals surface area contributed by atoms with E-state index in [4.69, 9.17) is 0 Å². The van der Waals surface area contributed by atoms with Gasteiger partial charge in [0.2, 0.25) is 0 Å². The first-order chi connectivity index (χ1) is 10.2. The molecule has 1 aromatic rings. The Labute approximate surface area is 135 Å². The van der Waals surface area contributed by atoms with E-state index in [1.54, 1.807) is 0 Å². The number of thiazole rings is 1. The zero-order valence-electron chi connectivity index (χ0n) is 14.3. The van der Waals surface area contributed by atoms with Crippen LogP contribution >= 0.6 is 11.3 Å². The Balaban J connectivity index is 2.64. The van der Waals surface area contributed by atoms with Gasteiger partial charge in [0.1, 0.15) is 5.01 Å². The van der Waals surface area contributed by atoms with E-state index in [0.29, 0.717) is 5.41 Å². The second-order valence-electron chi connectivity index (χ2n) is 6.45. The van der Waals surface area contributed by atoms with E-state index in [-0.39, 0.29) is 0 Å². The monoisotopic (exact) mass is 307 g/mol. The minimum Gasteiger partial charge on any atom is -0.245 e. The maximum absolute atomic E-state index is 4.49. The Bertz CT molecular complexity index is 382. The van der Waals surface area contributed by atoms with Crippen molar-refractivity contribution >= 4 is 17.4 Å². The fourth-order valence-corrected chi connectivity index (χ4v) is 3.89. The predicted molar refractivity (Wildman–Crippen MR) is 97.1 cm³/mol. The van der Waals surface area contributed by atoms with Gasteiger partial charge in [0.05, 0.1) is 0 Å². The van der Waals surface area contributed by atoms with Gasteiger partial charge in [-0.15, -0.1) is 11.3 Å². The molecule has 1 nitrogen and oxygen atoms in total. The minimum atomic E-state index is 0.320. The summed E-state index contributed by atoms with van der Waals surface area (Å²) in [5, 5.41) is 1.07. The van der Waals surface area contributed by atoms with Gasteiger partial charge in [-0.1, -0.05) is 78.7 Å². The lowest BCUT2D eigenvalue weighted by Crippen LogP contribution is -2.20. The molecule has 0 N–H and O–H groups in total. The van der Waals surface area contributed by atoms with E-state index in [9.17, 15) is 0 Å². The average molecular weight is 308 g/mol. The van der Waals surface area contributed by atoms with Crippen molar-refractivity contribution in [3.8, 4) is 0 Å². The van der Waals surface area contributed by atoms with E-state index in [2.05, 4.69) is 38.5 Å². The van der Waals surface area contributed by atoms with Gasteiger partial charge >= 0.3 is 0 Å². The molecule has 0 atom stereocenters. The summed E-state index contributed by atoms with van der Waals surface area (Å²) in [4.78, 5) is 5.95. The molecule has 0 aliphatic heterocycles. The fourth-order valence-electron chi connectivity index (χ4n) is 2.92. The average Bonchev–Trinajstić information content (AvgIpc) is 2.98. The van der Waals surface area contributed by atoms with Gasteiger partial charge in [0.25, 0.3) is 0 Å². The number of unbranched alkanes of at least 4 members (excludes halogenated alkanes) is 6. The lowest BCUT2D eigenvalue weighted by Gasteiger charge is -2.28. The molecule has 21 heavy (non-hydrogen) atoms. The highest BCUT2D eigenvalue weighted by Crippen LogP contribution is 2.38. The van der Waals surface area contributed by atoms with Gasteiger partial charge in [-0.25, -0.2) is 4.98 Å². The molecule has 0 spiro atoms. The summed E-state index contributed by atoms with van der Waals surface area (Å²) in [6.07, 6.45) is 17.4. The van der Waals surface area contributed by atoms with Crippen LogP contribution in [0.25, 0.3) is 6.08 Å². The number of rotatable bonds is 12. The third-order valence-electron chi connectivity index (χ3n) is 4.46. The molecule has 2 heteroatoms. The molecule has 1 heterocycles. The van der Waals surface area contributed by atoms with Crippen LogP contribution in [-0.2, 0) is 5.41 Å². The van der Waals surface area contributed by atoms with Crippen LogP contribution in [0.1, 0.15) is 94.9 Å². The molecule has 0 aliphatic carbocycles. The van der Waals surface area contributed by atoms with Crippen molar-refractivity contribution in [3.63, 3.8) is 0 Å². The second-order valence-corrected chi connectivity index (χ2v) is 7.51. The Morgan fingerprint density at radius 1 is 1.05 bits per heavy atom. The summed E-state index contributed by atoms with van der Waals surface area (Å²) in [6.45, 7) is 10.9. The first-order valence-corrected chi connectivity index (χ1v) is 9.56. The third-order valence-corrected chi connectivity index (χ3v) is 5.76. The van der Waals surface area contributed by atoms with Crippen molar-refractivity contribution in [1.82, 2.24) is 4.98 Å². The van der Waals surface area contributed by atoms with Crippen LogP contribution in [-0.4, -0.2) is 4.98 Å². The molecule has 0 radical (unpaired) electrons. The van der Waals surface area contributed by atoms with E-state index >= 15 is 0 Å². The fraction of sp³-hybridized carbons (Fsp3) is 0.737. The summed E-state index contributed by atoms with van der Waals surface area (Å²) in [5.74, 6) is 0. The smallest absolute Gasteiger partial charge is 0.115 e. The third kappa shape index (κ3) is 6.34. The molecule has 1 aromatic heterocycles. The summed E-state index contributed by atoms with van der Waals surface area (Å²) in [5.41, 5.74) is 0.320. The highest BCUT2D eigenvalue weighted by Gasteiger charge is 2.27. The van der Waals surface area contributed by atoms with Gasteiger partial charge in [-0.2, -0.15) is 0 Å². The standard InChI is InChI=1S/C19H33NS/c1-5-8-10-12-14-19(4,15-13-11-9-6-2)17-16-20-18(7-3)21-17/h7,16H,3,5-6,8-15H2,1-2,4H3. The van der Waals surface area contributed by atoms with Crippen LogP contribution in [0.2, 0.25) is 0 Å². The number of hydrogen-bond donors (Lipinski definition) is 0. The van der Waals surface area contributed by atoms with Gasteiger partial charge in [-0.3, -0.25) is 0 Å². The van der Waals surface area contributed by atoms with E-state index in [1.165, 1.54) is 69.1 Å². The summed E-state index contributed by atoms with van der Waals surface area (Å²) < 4.78 is 0. The van der Waals surface area contributed by atoms with Crippen LogP contribution < -0.4 is 0 Å². The largest absolute Gasteiger partial charge is 0.245 e.